The van der Waals surface area contributed by atoms with Crippen LogP contribution in [-0.4, -0.2) is 79.3 Å². The van der Waals surface area contributed by atoms with Gasteiger partial charge in [-0.25, -0.2) is 0 Å². The highest BCUT2D eigenvalue weighted by atomic mass is 32.2. The van der Waals surface area contributed by atoms with Crippen LogP contribution in [0.1, 0.15) is 6.92 Å². The monoisotopic (exact) mass is 270 g/mol. The fraction of sp³-hybridized carbons (Fsp3) is 1.00. The molecule has 1 aliphatic rings. The van der Waals surface area contributed by atoms with Gasteiger partial charge in [-0.05, 0) is 6.92 Å². The minimum atomic E-state index is -3.97. The van der Waals surface area contributed by atoms with Crippen molar-refractivity contribution in [1.29, 1.82) is 0 Å². The standard InChI is InChI=1S/C6H14N2O.C3H8O4S/c9-6-5-8-3-1-7-2-4-8;1-3(4)2-8(5,6)7/h7,9H,1-6H2;3-4H,2H2,1H3,(H,5,6,7). The summed E-state index contributed by atoms with van der Waals surface area (Å²) in [5, 5.41) is 20.2. The first-order valence-corrected chi connectivity index (χ1v) is 7.13. The zero-order chi connectivity index (χ0) is 13.3. The molecule has 104 valence electrons. The molecule has 1 aliphatic heterocycles. The average molecular weight is 270 g/mol. The van der Waals surface area contributed by atoms with Crippen molar-refractivity contribution < 1.29 is 23.2 Å². The van der Waals surface area contributed by atoms with Gasteiger partial charge in [0.1, 0.15) is 5.75 Å². The number of β-amino-alcohol motifs (C(OH)–C–C–N with tert-alkyl or cyclic N) is 1. The molecule has 1 atom stereocenters. The second-order valence-corrected chi connectivity index (χ2v) is 5.41. The summed E-state index contributed by atoms with van der Waals surface area (Å²) in [6.07, 6.45) is -0.995. The van der Waals surface area contributed by atoms with Crippen LogP contribution in [0.15, 0.2) is 0 Å². The number of rotatable bonds is 4. The summed E-state index contributed by atoms with van der Waals surface area (Å²) in [6.45, 7) is 6.72. The highest BCUT2D eigenvalue weighted by Crippen LogP contribution is 1.89. The first-order valence-electron chi connectivity index (χ1n) is 5.52. The van der Waals surface area contributed by atoms with Gasteiger partial charge in [0.2, 0.25) is 0 Å². The summed E-state index contributed by atoms with van der Waals surface area (Å²) in [5.41, 5.74) is 0. The Labute approximate surface area is 102 Å². The van der Waals surface area contributed by atoms with Crippen LogP contribution in [-0.2, 0) is 10.1 Å². The first-order chi connectivity index (χ1) is 7.85. The molecular formula is C9H22N2O5S. The Hall–Kier alpha value is -0.250. The number of nitrogens with one attached hydrogen (secondary N) is 1. The van der Waals surface area contributed by atoms with Gasteiger partial charge in [-0.3, -0.25) is 9.45 Å². The van der Waals surface area contributed by atoms with Gasteiger partial charge in [-0.2, -0.15) is 8.42 Å². The Balaban J connectivity index is 0.000000304. The first kappa shape index (κ1) is 16.8. The molecular weight excluding hydrogens is 248 g/mol. The normalized spacial score (nSPS) is 19.3. The number of piperazine rings is 1. The minimum absolute atomic E-state index is 0.292. The molecule has 0 bridgehead atoms. The molecule has 0 spiro atoms. The maximum Gasteiger partial charge on any atom is 0.267 e. The van der Waals surface area contributed by atoms with Crippen LogP contribution >= 0.6 is 0 Å². The summed E-state index contributed by atoms with van der Waals surface area (Å²) < 4.78 is 27.7. The molecule has 0 aromatic rings. The van der Waals surface area contributed by atoms with Crippen LogP contribution in [0.5, 0.6) is 0 Å². The highest BCUT2D eigenvalue weighted by molar-refractivity contribution is 7.85. The van der Waals surface area contributed by atoms with Gasteiger partial charge in [-0.1, -0.05) is 0 Å². The van der Waals surface area contributed by atoms with Gasteiger partial charge >= 0.3 is 0 Å². The van der Waals surface area contributed by atoms with E-state index < -0.39 is 22.0 Å². The van der Waals surface area contributed by atoms with Gasteiger partial charge in [0, 0.05) is 32.7 Å². The Morgan fingerprint density at radius 3 is 2.18 bits per heavy atom. The Morgan fingerprint density at radius 2 is 1.88 bits per heavy atom. The summed E-state index contributed by atoms with van der Waals surface area (Å²) in [6, 6.07) is 0. The lowest BCUT2D eigenvalue weighted by Gasteiger charge is -2.25. The number of aliphatic hydroxyl groups is 2. The SMILES string of the molecule is CC(O)CS(=O)(=O)O.OCCN1CCNCC1. The van der Waals surface area contributed by atoms with E-state index in [9.17, 15) is 8.42 Å². The van der Waals surface area contributed by atoms with Crippen molar-refractivity contribution in [1.82, 2.24) is 10.2 Å². The van der Waals surface area contributed by atoms with Crippen molar-refractivity contribution in [2.45, 2.75) is 13.0 Å². The van der Waals surface area contributed by atoms with Crippen LogP contribution in [0.2, 0.25) is 0 Å². The third kappa shape index (κ3) is 12.0. The van der Waals surface area contributed by atoms with Crippen LogP contribution in [0, 0.1) is 0 Å². The van der Waals surface area contributed by atoms with Gasteiger partial charge in [0.05, 0.1) is 12.7 Å². The van der Waals surface area contributed by atoms with Gasteiger partial charge in [-0.15, -0.1) is 0 Å². The van der Waals surface area contributed by atoms with Crippen molar-refractivity contribution in [3.63, 3.8) is 0 Å². The number of nitrogens with zero attached hydrogens (tertiary/aromatic N) is 1. The Kier molecular flexibility index (Phi) is 8.66. The lowest BCUT2D eigenvalue weighted by Crippen LogP contribution is -2.44. The molecule has 1 fully saturated rings. The lowest BCUT2D eigenvalue weighted by molar-refractivity contribution is 0.180. The van der Waals surface area contributed by atoms with E-state index in [4.69, 9.17) is 14.8 Å². The van der Waals surface area contributed by atoms with Crippen LogP contribution in [0.3, 0.4) is 0 Å². The van der Waals surface area contributed by atoms with Crippen molar-refractivity contribution in [3.8, 4) is 0 Å². The lowest BCUT2D eigenvalue weighted by atomic mass is 10.4. The third-order valence-corrected chi connectivity index (χ3v) is 2.98. The van der Waals surface area contributed by atoms with Crippen LogP contribution in [0.4, 0.5) is 0 Å². The molecule has 0 aromatic carbocycles. The van der Waals surface area contributed by atoms with E-state index in [1.807, 2.05) is 0 Å². The van der Waals surface area contributed by atoms with Crippen molar-refractivity contribution in [2.75, 3.05) is 45.1 Å². The molecule has 1 heterocycles. The molecule has 1 saturated heterocycles. The third-order valence-electron chi connectivity index (χ3n) is 2.08. The maximum absolute atomic E-state index is 9.84. The van der Waals surface area contributed by atoms with E-state index in [0.29, 0.717) is 6.61 Å². The predicted molar refractivity (Wildman–Crippen MR) is 64.5 cm³/mol. The topological polar surface area (TPSA) is 110 Å². The molecule has 8 heteroatoms. The summed E-state index contributed by atoms with van der Waals surface area (Å²) in [5.74, 6) is -0.590. The second kappa shape index (κ2) is 8.78. The molecule has 7 nitrogen and oxygen atoms in total. The van der Waals surface area contributed by atoms with E-state index in [1.165, 1.54) is 6.92 Å². The van der Waals surface area contributed by atoms with Gasteiger partial charge in [0.15, 0.2) is 0 Å². The van der Waals surface area contributed by atoms with Gasteiger partial charge < -0.3 is 15.5 Å². The zero-order valence-corrected chi connectivity index (χ0v) is 10.9. The quantitative estimate of drug-likeness (QED) is 0.443. The fourth-order valence-corrected chi connectivity index (χ4v) is 1.99. The molecule has 0 aliphatic carbocycles. The Bertz CT molecular complexity index is 272. The molecule has 17 heavy (non-hydrogen) atoms. The molecule has 1 rings (SSSR count). The van der Waals surface area contributed by atoms with Crippen molar-refractivity contribution in [2.24, 2.45) is 0 Å². The van der Waals surface area contributed by atoms with E-state index in [0.717, 1.165) is 32.7 Å². The summed E-state index contributed by atoms with van der Waals surface area (Å²) >= 11 is 0. The zero-order valence-electron chi connectivity index (χ0n) is 10.0. The molecule has 1 unspecified atom stereocenters. The predicted octanol–water partition coefficient (Wildman–Crippen LogP) is -1.86. The maximum atomic E-state index is 9.84. The van der Waals surface area contributed by atoms with Crippen molar-refractivity contribution in [3.05, 3.63) is 0 Å². The van der Waals surface area contributed by atoms with Crippen molar-refractivity contribution >= 4 is 10.1 Å². The molecule has 0 amide bonds. The molecule has 4 N–H and O–H groups in total. The number of hydrogen-bond donors (Lipinski definition) is 4. The fourth-order valence-electron chi connectivity index (χ4n) is 1.38. The molecule has 0 aromatic heterocycles. The summed E-state index contributed by atoms with van der Waals surface area (Å²) in [4.78, 5) is 2.26. The van der Waals surface area contributed by atoms with Crippen LogP contribution in [0.25, 0.3) is 0 Å². The smallest absolute Gasteiger partial charge is 0.267 e. The van der Waals surface area contributed by atoms with Crippen LogP contribution < -0.4 is 5.32 Å². The average Bonchev–Trinajstić information content (AvgIpc) is 2.16. The molecule has 0 radical (unpaired) electrons. The van der Waals surface area contributed by atoms with E-state index in [-0.39, 0.29) is 0 Å². The summed E-state index contributed by atoms with van der Waals surface area (Å²) in [7, 11) is -3.97. The second-order valence-electron chi connectivity index (χ2n) is 3.91. The number of aliphatic hydroxyl groups excluding tert-OH is 2. The van der Waals surface area contributed by atoms with Gasteiger partial charge in [0.25, 0.3) is 10.1 Å². The van der Waals surface area contributed by atoms with E-state index in [1.54, 1.807) is 0 Å². The Morgan fingerprint density at radius 1 is 1.35 bits per heavy atom. The largest absolute Gasteiger partial charge is 0.395 e. The number of hydrogen-bond acceptors (Lipinski definition) is 6. The van der Waals surface area contributed by atoms with E-state index >= 15 is 0 Å². The van der Waals surface area contributed by atoms with E-state index in [2.05, 4.69) is 10.2 Å². The highest BCUT2D eigenvalue weighted by Gasteiger charge is 2.07. The minimum Gasteiger partial charge on any atom is -0.395 e. The molecule has 0 saturated carbocycles.